The Balaban J connectivity index is 1.71. The number of carbonyl (C=O) groups excluding carboxylic acids is 1. The number of piperidine rings is 1. The average Bonchev–Trinajstić information content (AvgIpc) is 2.52. The van der Waals surface area contributed by atoms with Gasteiger partial charge in [0.2, 0.25) is 5.91 Å². The van der Waals surface area contributed by atoms with Gasteiger partial charge >= 0.3 is 6.18 Å². The van der Waals surface area contributed by atoms with Crippen molar-refractivity contribution in [3.63, 3.8) is 0 Å². The number of alkyl halides is 3. The molecule has 1 heterocycles. The normalized spacial score (nSPS) is 19.2. The van der Waals surface area contributed by atoms with E-state index in [4.69, 9.17) is 0 Å². The highest BCUT2D eigenvalue weighted by Gasteiger charge is 2.30. The van der Waals surface area contributed by atoms with Crippen LogP contribution in [0.2, 0.25) is 0 Å². The van der Waals surface area contributed by atoms with Crippen LogP contribution in [0.1, 0.15) is 43.7 Å². The third kappa shape index (κ3) is 5.82. The first kappa shape index (κ1) is 18.8. The maximum Gasteiger partial charge on any atom is 0.416 e. The molecule has 24 heavy (non-hydrogen) atoms. The minimum absolute atomic E-state index is 0.0238. The number of likely N-dealkylation sites (tertiary alicyclic amines) is 1. The van der Waals surface area contributed by atoms with E-state index in [1.165, 1.54) is 25.3 Å². The van der Waals surface area contributed by atoms with Crippen LogP contribution >= 0.6 is 0 Å². The summed E-state index contributed by atoms with van der Waals surface area (Å²) >= 11 is 0. The quantitative estimate of drug-likeness (QED) is 0.801. The lowest BCUT2D eigenvalue weighted by molar-refractivity contribution is -0.137. The Morgan fingerprint density at radius 2 is 2.12 bits per heavy atom. The minimum atomic E-state index is -4.38. The highest BCUT2D eigenvalue weighted by molar-refractivity contribution is 5.78. The number of nitrogens with one attached hydrogen (secondary N) is 1. The van der Waals surface area contributed by atoms with Crippen molar-refractivity contribution in [1.82, 2.24) is 10.2 Å². The molecule has 1 aliphatic rings. The van der Waals surface area contributed by atoms with Gasteiger partial charge in [-0.1, -0.05) is 24.6 Å². The molecule has 0 spiro atoms. The van der Waals surface area contributed by atoms with E-state index in [0.717, 1.165) is 31.6 Å². The number of hydrogen-bond acceptors (Lipinski definition) is 2. The number of nitrogens with zero attached hydrogens (tertiary/aromatic N) is 1. The first-order valence-electron chi connectivity index (χ1n) is 8.53. The fourth-order valence-electron chi connectivity index (χ4n) is 3.11. The predicted molar refractivity (Wildman–Crippen MR) is 87.7 cm³/mol. The van der Waals surface area contributed by atoms with Gasteiger partial charge in [0.05, 0.1) is 12.0 Å². The molecule has 1 fully saturated rings. The van der Waals surface area contributed by atoms with Gasteiger partial charge in [-0.2, -0.15) is 13.2 Å². The van der Waals surface area contributed by atoms with E-state index in [0.29, 0.717) is 18.2 Å². The van der Waals surface area contributed by atoms with Crippen LogP contribution in [0.5, 0.6) is 0 Å². The molecule has 6 heteroatoms. The van der Waals surface area contributed by atoms with Crippen LogP contribution in [0.4, 0.5) is 13.2 Å². The van der Waals surface area contributed by atoms with Crippen LogP contribution in [-0.2, 0) is 17.4 Å². The van der Waals surface area contributed by atoms with Crippen molar-refractivity contribution < 1.29 is 18.0 Å². The van der Waals surface area contributed by atoms with Crippen molar-refractivity contribution in [2.24, 2.45) is 0 Å². The fraction of sp³-hybridized carbons (Fsp3) is 0.611. The van der Waals surface area contributed by atoms with Gasteiger partial charge in [0.15, 0.2) is 0 Å². The van der Waals surface area contributed by atoms with Crippen LogP contribution in [-0.4, -0.2) is 36.5 Å². The maximum atomic E-state index is 12.7. The zero-order valence-electron chi connectivity index (χ0n) is 14.0. The first-order valence-corrected chi connectivity index (χ1v) is 8.53. The maximum absolute atomic E-state index is 12.7. The number of rotatable bonds is 6. The summed E-state index contributed by atoms with van der Waals surface area (Å²) in [7, 11) is 0. The topological polar surface area (TPSA) is 32.3 Å². The molecule has 134 valence electrons. The molecule has 2 rings (SSSR count). The van der Waals surface area contributed by atoms with E-state index < -0.39 is 11.7 Å². The van der Waals surface area contributed by atoms with Crippen molar-refractivity contribution in [2.75, 3.05) is 19.6 Å². The summed E-state index contributed by atoms with van der Waals surface area (Å²) in [5.74, 6) is -0.235. The second kappa shape index (κ2) is 8.51. The number of amides is 1. The number of hydrogen-bond donors (Lipinski definition) is 1. The molecule has 1 aromatic rings. The summed E-state index contributed by atoms with van der Waals surface area (Å²) in [5.41, 5.74) is -0.334. The van der Waals surface area contributed by atoms with E-state index in [1.54, 1.807) is 6.07 Å². The number of benzene rings is 1. The standard InChI is InChI=1S/C18H25F3N2O/c1-14-6-2-3-10-23(14)11-5-9-22-17(24)13-15-7-4-8-16(12-15)18(19,20)21/h4,7-8,12,14H,2-3,5-6,9-11,13H2,1H3,(H,22,24). The van der Waals surface area contributed by atoms with Crippen LogP contribution in [0.15, 0.2) is 24.3 Å². The molecular formula is C18H25F3N2O. The van der Waals surface area contributed by atoms with E-state index in [1.807, 2.05) is 0 Å². The van der Waals surface area contributed by atoms with Gasteiger partial charge in [-0.25, -0.2) is 0 Å². The van der Waals surface area contributed by atoms with Crippen LogP contribution < -0.4 is 5.32 Å². The highest BCUT2D eigenvalue weighted by Crippen LogP contribution is 2.29. The zero-order chi connectivity index (χ0) is 17.6. The van der Waals surface area contributed by atoms with Gasteiger partial charge in [-0.3, -0.25) is 4.79 Å². The smallest absolute Gasteiger partial charge is 0.356 e. The summed E-state index contributed by atoms with van der Waals surface area (Å²) in [6, 6.07) is 5.53. The van der Waals surface area contributed by atoms with E-state index in [-0.39, 0.29) is 12.3 Å². The Kier molecular flexibility index (Phi) is 6.66. The highest BCUT2D eigenvalue weighted by atomic mass is 19.4. The molecule has 1 unspecified atom stereocenters. The lowest BCUT2D eigenvalue weighted by atomic mass is 10.0. The van der Waals surface area contributed by atoms with E-state index in [9.17, 15) is 18.0 Å². The van der Waals surface area contributed by atoms with Crippen molar-refractivity contribution in [3.8, 4) is 0 Å². The Bertz CT molecular complexity index is 545. The summed E-state index contributed by atoms with van der Waals surface area (Å²) in [5, 5.41) is 2.80. The third-order valence-corrected chi connectivity index (χ3v) is 4.50. The Hall–Kier alpha value is -1.56. The van der Waals surface area contributed by atoms with Crippen molar-refractivity contribution in [3.05, 3.63) is 35.4 Å². The SMILES string of the molecule is CC1CCCCN1CCCNC(=O)Cc1cccc(C(F)(F)F)c1. The molecule has 0 aromatic heterocycles. The molecule has 0 saturated carbocycles. The van der Waals surface area contributed by atoms with E-state index in [2.05, 4.69) is 17.1 Å². The van der Waals surface area contributed by atoms with Crippen LogP contribution in [0.25, 0.3) is 0 Å². The second-order valence-electron chi connectivity index (χ2n) is 6.46. The minimum Gasteiger partial charge on any atom is -0.356 e. The van der Waals surface area contributed by atoms with Crippen LogP contribution in [0.3, 0.4) is 0 Å². The van der Waals surface area contributed by atoms with Gasteiger partial charge in [-0.15, -0.1) is 0 Å². The lowest BCUT2D eigenvalue weighted by Crippen LogP contribution is -2.39. The third-order valence-electron chi connectivity index (χ3n) is 4.50. The van der Waals surface area contributed by atoms with Gasteiger partial charge < -0.3 is 10.2 Å². The summed E-state index contributed by atoms with van der Waals surface area (Å²) < 4.78 is 38.0. The molecule has 1 aliphatic heterocycles. The monoisotopic (exact) mass is 342 g/mol. The predicted octanol–water partition coefficient (Wildman–Crippen LogP) is 3.63. The largest absolute Gasteiger partial charge is 0.416 e. The lowest BCUT2D eigenvalue weighted by Gasteiger charge is -2.33. The van der Waals surface area contributed by atoms with Crippen LogP contribution in [0, 0.1) is 0 Å². The number of halogens is 3. The molecule has 0 radical (unpaired) electrons. The molecule has 3 nitrogen and oxygen atoms in total. The Morgan fingerprint density at radius 3 is 2.83 bits per heavy atom. The Morgan fingerprint density at radius 1 is 1.33 bits per heavy atom. The molecule has 0 aliphatic carbocycles. The Labute approximate surface area is 141 Å². The molecular weight excluding hydrogens is 317 g/mol. The fourth-order valence-corrected chi connectivity index (χ4v) is 3.11. The molecule has 1 aromatic carbocycles. The molecule has 1 saturated heterocycles. The average molecular weight is 342 g/mol. The first-order chi connectivity index (χ1) is 11.4. The van der Waals surface area contributed by atoms with Gasteiger partial charge in [0, 0.05) is 19.1 Å². The molecule has 1 amide bonds. The summed E-state index contributed by atoms with van der Waals surface area (Å²) in [6.45, 7) is 4.84. The number of carbonyl (C=O) groups is 1. The summed E-state index contributed by atoms with van der Waals surface area (Å²) in [4.78, 5) is 14.3. The van der Waals surface area contributed by atoms with Crippen molar-refractivity contribution in [1.29, 1.82) is 0 Å². The van der Waals surface area contributed by atoms with Gasteiger partial charge in [0.25, 0.3) is 0 Å². The molecule has 1 atom stereocenters. The molecule has 1 N–H and O–H groups in total. The van der Waals surface area contributed by atoms with Gasteiger partial charge in [0.1, 0.15) is 0 Å². The van der Waals surface area contributed by atoms with Crippen molar-refractivity contribution in [2.45, 2.75) is 51.2 Å². The van der Waals surface area contributed by atoms with Gasteiger partial charge in [-0.05, 0) is 44.4 Å². The van der Waals surface area contributed by atoms with E-state index >= 15 is 0 Å². The van der Waals surface area contributed by atoms with Crippen molar-refractivity contribution >= 4 is 5.91 Å². The second-order valence-corrected chi connectivity index (χ2v) is 6.46. The zero-order valence-corrected chi connectivity index (χ0v) is 14.0. The summed E-state index contributed by atoms with van der Waals surface area (Å²) in [6.07, 6.45) is 0.194. The molecule has 0 bridgehead atoms.